The number of hydrogen-bond acceptors (Lipinski definition) is 4. The lowest BCUT2D eigenvalue weighted by Gasteiger charge is -2.04. The molecule has 0 unspecified atom stereocenters. The number of alkyl halides is 2. The standard InChI is InChI=1S/C16H12F2N2O2/c1-10-6-7-19-8-13(10)15-20-14(9-21-15)11-2-4-12(5-3-11)22-16(17)18/h2-9,16H,1H3. The average Bonchev–Trinajstić information content (AvgIpc) is 2.97. The van der Waals surface area contributed by atoms with Crippen molar-refractivity contribution in [2.24, 2.45) is 0 Å². The number of hydrogen-bond donors (Lipinski definition) is 0. The highest BCUT2D eigenvalue weighted by Gasteiger charge is 2.11. The van der Waals surface area contributed by atoms with Gasteiger partial charge in [0.2, 0.25) is 5.89 Å². The summed E-state index contributed by atoms with van der Waals surface area (Å²) in [6.45, 7) is -0.893. The van der Waals surface area contributed by atoms with Gasteiger partial charge in [0.15, 0.2) is 0 Å². The molecule has 0 atom stereocenters. The van der Waals surface area contributed by atoms with Crippen LogP contribution >= 0.6 is 0 Å². The minimum Gasteiger partial charge on any atom is -0.444 e. The van der Waals surface area contributed by atoms with Crippen molar-refractivity contribution in [2.75, 3.05) is 0 Å². The summed E-state index contributed by atoms with van der Waals surface area (Å²) in [5, 5.41) is 0. The van der Waals surface area contributed by atoms with Gasteiger partial charge < -0.3 is 9.15 Å². The van der Waals surface area contributed by atoms with Crippen LogP contribution in [0.1, 0.15) is 5.56 Å². The Morgan fingerprint density at radius 2 is 1.91 bits per heavy atom. The van der Waals surface area contributed by atoms with Crippen molar-refractivity contribution in [1.82, 2.24) is 9.97 Å². The normalized spacial score (nSPS) is 10.9. The van der Waals surface area contributed by atoms with Crippen LogP contribution in [0, 0.1) is 6.92 Å². The van der Waals surface area contributed by atoms with Gasteiger partial charge in [0, 0.05) is 18.0 Å². The van der Waals surface area contributed by atoms with E-state index in [0.717, 1.165) is 16.7 Å². The van der Waals surface area contributed by atoms with E-state index >= 15 is 0 Å². The molecule has 0 bridgehead atoms. The minimum absolute atomic E-state index is 0.102. The number of aromatic nitrogens is 2. The van der Waals surface area contributed by atoms with Gasteiger partial charge in [-0.1, -0.05) is 0 Å². The molecule has 0 fully saturated rings. The molecule has 0 aliphatic carbocycles. The second-order valence-corrected chi connectivity index (χ2v) is 4.63. The Balaban J connectivity index is 1.86. The number of benzene rings is 1. The molecule has 0 aliphatic heterocycles. The number of oxazole rings is 1. The Bertz CT molecular complexity index is 770. The molecular formula is C16H12F2N2O2. The molecule has 0 saturated carbocycles. The number of ether oxygens (including phenoxy) is 1. The molecule has 0 radical (unpaired) electrons. The number of aryl methyl sites for hydroxylation is 1. The largest absolute Gasteiger partial charge is 0.444 e. The average molecular weight is 302 g/mol. The number of nitrogens with zero attached hydrogens (tertiary/aromatic N) is 2. The first-order valence-electron chi connectivity index (χ1n) is 6.55. The molecule has 1 aromatic carbocycles. The summed E-state index contributed by atoms with van der Waals surface area (Å²) in [6, 6.07) is 8.09. The number of rotatable bonds is 4. The fraction of sp³-hybridized carbons (Fsp3) is 0.125. The lowest BCUT2D eigenvalue weighted by atomic mass is 10.1. The Morgan fingerprint density at radius 3 is 2.59 bits per heavy atom. The third-order valence-corrected chi connectivity index (χ3v) is 3.15. The highest BCUT2D eigenvalue weighted by atomic mass is 19.3. The van der Waals surface area contributed by atoms with E-state index in [-0.39, 0.29) is 5.75 Å². The van der Waals surface area contributed by atoms with E-state index in [4.69, 9.17) is 4.42 Å². The monoisotopic (exact) mass is 302 g/mol. The van der Waals surface area contributed by atoms with Gasteiger partial charge in [-0.25, -0.2) is 4.98 Å². The molecule has 0 aliphatic rings. The van der Waals surface area contributed by atoms with E-state index in [9.17, 15) is 8.78 Å². The summed E-state index contributed by atoms with van der Waals surface area (Å²) in [5.74, 6) is 0.569. The topological polar surface area (TPSA) is 48.2 Å². The van der Waals surface area contributed by atoms with Crippen LogP contribution in [0.4, 0.5) is 8.78 Å². The summed E-state index contributed by atoms with van der Waals surface area (Å²) in [4.78, 5) is 8.46. The molecule has 22 heavy (non-hydrogen) atoms. The first-order chi connectivity index (χ1) is 10.6. The van der Waals surface area contributed by atoms with Crippen molar-refractivity contribution in [3.8, 4) is 28.5 Å². The van der Waals surface area contributed by atoms with Gasteiger partial charge in [0.25, 0.3) is 0 Å². The molecule has 4 nitrogen and oxygen atoms in total. The molecule has 0 saturated heterocycles. The van der Waals surface area contributed by atoms with Crippen molar-refractivity contribution in [2.45, 2.75) is 13.5 Å². The quantitative estimate of drug-likeness (QED) is 0.720. The van der Waals surface area contributed by atoms with E-state index < -0.39 is 6.61 Å². The lowest BCUT2D eigenvalue weighted by molar-refractivity contribution is -0.0498. The van der Waals surface area contributed by atoms with Crippen LogP contribution in [0.15, 0.2) is 53.4 Å². The van der Waals surface area contributed by atoms with Gasteiger partial charge in [-0.2, -0.15) is 8.78 Å². The first kappa shape index (κ1) is 14.2. The summed E-state index contributed by atoms with van der Waals surface area (Å²) < 4.78 is 34.0. The van der Waals surface area contributed by atoms with E-state index in [2.05, 4.69) is 14.7 Å². The third-order valence-electron chi connectivity index (χ3n) is 3.15. The molecule has 3 rings (SSSR count). The second-order valence-electron chi connectivity index (χ2n) is 4.63. The number of pyridine rings is 1. The summed E-state index contributed by atoms with van der Waals surface area (Å²) >= 11 is 0. The summed E-state index contributed by atoms with van der Waals surface area (Å²) in [6.07, 6.45) is 4.90. The molecule has 0 spiro atoms. The SMILES string of the molecule is Cc1ccncc1-c1nc(-c2ccc(OC(F)F)cc2)co1. The second kappa shape index (κ2) is 5.93. The molecular weight excluding hydrogens is 290 g/mol. The smallest absolute Gasteiger partial charge is 0.387 e. The minimum atomic E-state index is -2.84. The lowest BCUT2D eigenvalue weighted by Crippen LogP contribution is -2.01. The van der Waals surface area contributed by atoms with E-state index in [0.29, 0.717) is 11.6 Å². The van der Waals surface area contributed by atoms with Crippen LogP contribution in [0.5, 0.6) is 5.75 Å². The zero-order chi connectivity index (χ0) is 15.5. The maximum Gasteiger partial charge on any atom is 0.387 e. The molecule has 0 amide bonds. The van der Waals surface area contributed by atoms with Crippen molar-refractivity contribution in [3.63, 3.8) is 0 Å². The fourth-order valence-electron chi connectivity index (χ4n) is 2.03. The van der Waals surface area contributed by atoms with Crippen LogP contribution in [0.25, 0.3) is 22.7 Å². The van der Waals surface area contributed by atoms with Gasteiger partial charge in [-0.05, 0) is 42.8 Å². The van der Waals surface area contributed by atoms with Gasteiger partial charge in [0.05, 0.1) is 5.56 Å². The zero-order valence-corrected chi connectivity index (χ0v) is 11.7. The van der Waals surface area contributed by atoms with Crippen LogP contribution in [-0.2, 0) is 0 Å². The van der Waals surface area contributed by atoms with Gasteiger partial charge in [-0.3, -0.25) is 4.98 Å². The zero-order valence-electron chi connectivity index (χ0n) is 11.7. The third kappa shape index (κ3) is 2.95. The van der Waals surface area contributed by atoms with E-state index in [1.165, 1.54) is 18.4 Å². The van der Waals surface area contributed by atoms with Crippen LogP contribution in [0.2, 0.25) is 0 Å². The highest BCUT2D eigenvalue weighted by molar-refractivity contribution is 5.64. The Kier molecular flexibility index (Phi) is 3.82. The van der Waals surface area contributed by atoms with Crippen molar-refractivity contribution in [1.29, 1.82) is 0 Å². The predicted molar refractivity (Wildman–Crippen MR) is 76.5 cm³/mol. The van der Waals surface area contributed by atoms with Gasteiger partial charge >= 0.3 is 6.61 Å². The Labute approximate surface area is 125 Å². The van der Waals surface area contributed by atoms with E-state index in [1.807, 2.05) is 13.0 Å². The maximum absolute atomic E-state index is 12.1. The maximum atomic E-state index is 12.1. The molecule has 3 aromatic rings. The first-order valence-corrected chi connectivity index (χ1v) is 6.55. The molecule has 2 aromatic heterocycles. The van der Waals surface area contributed by atoms with Gasteiger partial charge in [0.1, 0.15) is 17.7 Å². The summed E-state index contributed by atoms with van der Waals surface area (Å²) in [5.41, 5.74) is 3.18. The molecule has 2 heterocycles. The van der Waals surface area contributed by atoms with Crippen LogP contribution in [0.3, 0.4) is 0 Å². The van der Waals surface area contributed by atoms with Crippen molar-refractivity contribution >= 4 is 0 Å². The van der Waals surface area contributed by atoms with E-state index in [1.54, 1.807) is 24.5 Å². The van der Waals surface area contributed by atoms with Gasteiger partial charge in [-0.15, -0.1) is 0 Å². The molecule has 6 heteroatoms. The molecule has 112 valence electrons. The Hall–Kier alpha value is -2.76. The number of halogens is 2. The predicted octanol–water partition coefficient (Wildman–Crippen LogP) is 4.31. The van der Waals surface area contributed by atoms with Crippen molar-refractivity contribution in [3.05, 3.63) is 54.6 Å². The van der Waals surface area contributed by atoms with Crippen molar-refractivity contribution < 1.29 is 17.9 Å². The molecule has 0 N–H and O–H groups in total. The fourth-order valence-corrected chi connectivity index (χ4v) is 2.03. The van der Waals surface area contributed by atoms with Crippen LogP contribution in [-0.4, -0.2) is 16.6 Å². The van der Waals surface area contributed by atoms with Crippen LogP contribution < -0.4 is 4.74 Å². The highest BCUT2D eigenvalue weighted by Crippen LogP contribution is 2.27. The Morgan fingerprint density at radius 1 is 1.14 bits per heavy atom. The summed E-state index contributed by atoms with van der Waals surface area (Å²) in [7, 11) is 0.